The van der Waals surface area contributed by atoms with Gasteiger partial charge in [-0.15, -0.1) is 0 Å². The van der Waals surface area contributed by atoms with Gasteiger partial charge >= 0.3 is 0 Å². The monoisotopic (exact) mass is 200 g/mol. The first kappa shape index (κ1) is 11.0. The molecule has 0 radical (unpaired) electrons. The average Bonchev–Trinajstić information content (AvgIpc) is 2.65. The van der Waals surface area contributed by atoms with Crippen LogP contribution in [-0.4, -0.2) is 30.6 Å². The number of primary amides is 1. The predicted octanol–water partition coefficient (Wildman–Crippen LogP) is -0.454. The van der Waals surface area contributed by atoms with Crippen LogP contribution in [0.2, 0.25) is 0 Å². The van der Waals surface area contributed by atoms with Crippen LogP contribution in [-0.2, 0) is 14.3 Å². The molecule has 0 bridgehead atoms. The van der Waals surface area contributed by atoms with Gasteiger partial charge in [0.1, 0.15) is 12.1 Å². The lowest BCUT2D eigenvalue weighted by atomic mass is 10.2. The Bertz CT molecular complexity index is 224. The summed E-state index contributed by atoms with van der Waals surface area (Å²) in [7, 11) is 0. The van der Waals surface area contributed by atoms with Crippen LogP contribution < -0.4 is 11.1 Å². The SMILES string of the molecule is CC[C@H](NC(=O)[C@@H]1CCCO1)C(N)=O. The zero-order valence-corrected chi connectivity index (χ0v) is 8.29. The van der Waals surface area contributed by atoms with E-state index in [1.165, 1.54) is 0 Å². The first-order chi connectivity index (χ1) is 6.65. The summed E-state index contributed by atoms with van der Waals surface area (Å²) in [5.74, 6) is -0.730. The number of amides is 2. The van der Waals surface area contributed by atoms with Crippen molar-refractivity contribution >= 4 is 11.8 Å². The molecule has 1 aliphatic heterocycles. The molecule has 2 amide bonds. The highest BCUT2D eigenvalue weighted by molar-refractivity contribution is 5.88. The first-order valence-corrected chi connectivity index (χ1v) is 4.86. The third kappa shape index (κ3) is 2.70. The summed E-state index contributed by atoms with van der Waals surface area (Å²) in [6.45, 7) is 2.41. The van der Waals surface area contributed by atoms with Gasteiger partial charge in [-0.1, -0.05) is 6.92 Å². The van der Waals surface area contributed by atoms with Crippen LogP contribution in [0.25, 0.3) is 0 Å². The van der Waals surface area contributed by atoms with Crippen molar-refractivity contribution in [3.63, 3.8) is 0 Å². The van der Waals surface area contributed by atoms with Crippen LogP contribution in [0.15, 0.2) is 0 Å². The zero-order valence-electron chi connectivity index (χ0n) is 8.29. The van der Waals surface area contributed by atoms with Crippen molar-refractivity contribution in [2.24, 2.45) is 5.73 Å². The highest BCUT2D eigenvalue weighted by atomic mass is 16.5. The van der Waals surface area contributed by atoms with Gasteiger partial charge in [-0.3, -0.25) is 9.59 Å². The Morgan fingerprint density at radius 1 is 1.64 bits per heavy atom. The van der Waals surface area contributed by atoms with E-state index >= 15 is 0 Å². The molecule has 5 nitrogen and oxygen atoms in total. The molecule has 1 aliphatic rings. The number of rotatable bonds is 4. The van der Waals surface area contributed by atoms with Gasteiger partial charge in [0.05, 0.1) is 0 Å². The van der Waals surface area contributed by atoms with Crippen LogP contribution in [0.4, 0.5) is 0 Å². The fourth-order valence-corrected chi connectivity index (χ4v) is 1.42. The summed E-state index contributed by atoms with van der Waals surface area (Å²) in [5, 5.41) is 2.57. The van der Waals surface area contributed by atoms with Gasteiger partial charge in [-0.05, 0) is 19.3 Å². The van der Waals surface area contributed by atoms with Gasteiger partial charge in [0.2, 0.25) is 11.8 Å². The summed E-state index contributed by atoms with van der Waals surface area (Å²) in [6, 6.07) is -0.577. The molecule has 0 spiro atoms. The molecular weight excluding hydrogens is 184 g/mol. The number of carbonyl (C=O) groups is 2. The normalized spacial score (nSPS) is 23.1. The van der Waals surface area contributed by atoms with Crippen molar-refractivity contribution in [3.8, 4) is 0 Å². The number of hydrogen-bond donors (Lipinski definition) is 2. The molecule has 0 aliphatic carbocycles. The van der Waals surface area contributed by atoms with E-state index in [9.17, 15) is 9.59 Å². The summed E-state index contributed by atoms with van der Waals surface area (Å²) < 4.78 is 5.18. The molecule has 1 saturated heterocycles. The van der Waals surface area contributed by atoms with E-state index in [0.29, 0.717) is 13.0 Å². The second kappa shape index (κ2) is 4.95. The van der Waals surface area contributed by atoms with E-state index in [1.54, 1.807) is 6.92 Å². The van der Waals surface area contributed by atoms with E-state index in [4.69, 9.17) is 10.5 Å². The largest absolute Gasteiger partial charge is 0.368 e. The Morgan fingerprint density at radius 3 is 2.79 bits per heavy atom. The Balaban J connectivity index is 2.41. The Kier molecular flexibility index (Phi) is 3.88. The molecule has 14 heavy (non-hydrogen) atoms. The Morgan fingerprint density at radius 2 is 2.36 bits per heavy atom. The minimum atomic E-state index is -0.577. The molecule has 0 unspecified atom stereocenters. The van der Waals surface area contributed by atoms with Gasteiger partial charge in [-0.2, -0.15) is 0 Å². The second-order valence-corrected chi connectivity index (χ2v) is 3.37. The number of hydrogen-bond acceptors (Lipinski definition) is 3. The van der Waals surface area contributed by atoms with Crippen molar-refractivity contribution in [3.05, 3.63) is 0 Å². The molecule has 0 aromatic heterocycles. The lowest BCUT2D eigenvalue weighted by molar-refractivity contribution is -0.133. The van der Waals surface area contributed by atoms with Gasteiger partial charge in [0.15, 0.2) is 0 Å². The first-order valence-electron chi connectivity index (χ1n) is 4.86. The maximum atomic E-state index is 11.5. The molecule has 0 saturated carbocycles. The summed E-state index contributed by atoms with van der Waals surface area (Å²) in [5.41, 5.74) is 5.10. The molecule has 2 atom stereocenters. The van der Waals surface area contributed by atoms with E-state index in [-0.39, 0.29) is 5.91 Å². The van der Waals surface area contributed by atoms with Crippen molar-refractivity contribution in [2.75, 3.05) is 6.61 Å². The van der Waals surface area contributed by atoms with Crippen LogP contribution in [0.1, 0.15) is 26.2 Å². The zero-order chi connectivity index (χ0) is 10.6. The van der Waals surface area contributed by atoms with Gasteiger partial charge in [0, 0.05) is 6.61 Å². The van der Waals surface area contributed by atoms with Crippen LogP contribution in [0.3, 0.4) is 0 Å². The second-order valence-electron chi connectivity index (χ2n) is 3.37. The Hall–Kier alpha value is -1.10. The maximum Gasteiger partial charge on any atom is 0.249 e. The van der Waals surface area contributed by atoms with Crippen molar-refractivity contribution in [1.29, 1.82) is 0 Å². The number of carbonyl (C=O) groups excluding carboxylic acids is 2. The van der Waals surface area contributed by atoms with E-state index < -0.39 is 18.1 Å². The van der Waals surface area contributed by atoms with Crippen molar-refractivity contribution < 1.29 is 14.3 Å². The minimum absolute atomic E-state index is 0.229. The number of nitrogens with two attached hydrogens (primary N) is 1. The summed E-state index contributed by atoms with van der Waals surface area (Å²) in [4.78, 5) is 22.3. The van der Waals surface area contributed by atoms with Gasteiger partial charge in [0.25, 0.3) is 0 Å². The van der Waals surface area contributed by atoms with Gasteiger partial charge < -0.3 is 15.8 Å². The van der Waals surface area contributed by atoms with Crippen LogP contribution >= 0.6 is 0 Å². The maximum absolute atomic E-state index is 11.5. The molecule has 5 heteroatoms. The van der Waals surface area contributed by atoms with E-state index in [2.05, 4.69) is 5.32 Å². The lowest BCUT2D eigenvalue weighted by Crippen LogP contribution is -2.47. The molecule has 0 aromatic rings. The quantitative estimate of drug-likeness (QED) is 0.644. The molecule has 1 rings (SSSR count). The smallest absolute Gasteiger partial charge is 0.249 e. The minimum Gasteiger partial charge on any atom is -0.368 e. The highest BCUT2D eigenvalue weighted by Gasteiger charge is 2.26. The third-order valence-corrected chi connectivity index (χ3v) is 2.29. The van der Waals surface area contributed by atoms with Crippen molar-refractivity contribution in [1.82, 2.24) is 5.32 Å². The molecule has 0 aromatic carbocycles. The number of ether oxygens (including phenoxy) is 1. The van der Waals surface area contributed by atoms with Crippen LogP contribution in [0, 0.1) is 0 Å². The molecule has 80 valence electrons. The average molecular weight is 200 g/mol. The molecule has 1 heterocycles. The van der Waals surface area contributed by atoms with E-state index in [1.807, 2.05) is 0 Å². The fraction of sp³-hybridized carbons (Fsp3) is 0.778. The topological polar surface area (TPSA) is 81.4 Å². The van der Waals surface area contributed by atoms with Crippen LogP contribution in [0.5, 0.6) is 0 Å². The lowest BCUT2D eigenvalue weighted by Gasteiger charge is -2.16. The predicted molar refractivity (Wildman–Crippen MR) is 50.4 cm³/mol. The molecular formula is C9H16N2O3. The standard InChI is InChI=1S/C9H16N2O3/c1-2-6(8(10)12)11-9(13)7-4-3-5-14-7/h6-7H,2-5H2,1H3,(H2,10,12)(H,11,13)/t6-,7-/m0/s1. The fourth-order valence-electron chi connectivity index (χ4n) is 1.42. The Labute approximate surface area is 83.0 Å². The van der Waals surface area contributed by atoms with Crippen molar-refractivity contribution in [2.45, 2.75) is 38.3 Å². The molecule has 3 N–H and O–H groups in total. The van der Waals surface area contributed by atoms with E-state index in [0.717, 1.165) is 12.8 Å². The third-order valence-electron chi connectivity index (χ3n) is 2.29. The summed E-state index contributed by atoms with van der Waals surface area (Å²) >= 11 is 0. The number of nitrogens with one attached hydrogen (secondary N) is 1. The van der Waals surface area contributed by atoms with Gasteiger partial charge in [-0.25, -0.2) is 0 Å². The highest BCUT2D eigenvalue weighted by Crippen LogP contribution is 2.12. The summed E-state index contributed by atoms with van der Waals surface area (Å²) in [6.07, 6.45) is 1.73. The molecule has 1 fully saturated rings.